The van der Waals surface area contributed by atoms with Crippen LogP contribution in [0.15, 0.2) is 4.99 Å². The summed E-state index contributed by atoms with van der Waals surface area (Å²) >= 11 is 1.96. The summed E-state index contributed by atoms with van der Waals surface area (Å²) in [4.78, 5) is 7.27. The van der Waals surface area contributed by atoms with Crippen molar-refractivity contribution in [3.05, 3.63) is 0 Å². The molecule has 2 saturated heterocycles. The molecule has 0 amide bonds. The average molecular weight is 267 g/mol. The highest BCUT2D eigenvalue weighted by Crippen LogP contribution is 2.32. The number of rotatable bonds is 2. The number of hydrogen-bond donors (Lipinski definition) is 1. The van der Waals surface area contributed by atoms with Gasteiger partial charge in [0.15, 0.2) is 5.17 Å². The van der Waals surface area contributed by atoms with E-state index in [0.717, 1.165) is 24.4 Å². The minimum Gasteiger partial charge on any atom is -0.362 e. The zero-order chi connectivity index (χ0) is 12.4. The van der Waals surface area contributed by atoms with Gasteiger partial charge in [0.2, 0.25) is 0 Å². The second kappa shape index (κ2) is 5.83. The van der Waals surface area contributed by atoms with E-state index in [2.05, 4.69) is 17.3 Å². The Morgan fingerprint density at radius 1 is 1.28 bits per heavy atom. The number of piperidine rings is 1. The van der Waals surface area contributed by atoms with Crippen molar-refractivity contribution in [2.75, 3.05) is 32.4 Å². The lowest BCUT2D eigenvalue weighted by Gasteiger charge is -2.30. The monoisotopic (exact) mass is 267 g/mol. The number of fused-ring (bicyclic) bond motifs is 1. The molecule has 0 aromatic carbocycles. The van der Waals surface area contributed by atoms with Crippen LogP contribution in [-0.2, 0) is 0 Å². The Bertz CT molecular complexity index is 310. The van der Waals surface area contributed by atoms with Gasteiger partial charge in [0.25, 0.3) is 0 Å². The summed E-state index contributed by atoms with van der Waals surface area (Å²) in [6.07, 6.45) is 6.84. The van der Waals surface area contributed by atoms with E-state index >= 15 is 0 Å². The first-order valence-corrected chi connectivity index (χ1v) is 8.42. The molecule has 0 aromatic rings. The molecule has 2 atom stereocenters. The van der Waals surface area contributed by atoms with E-state index < -0.39 is 0 Å². The third kappa shape index (κ3) is 3.02. The van der Waals surface area contributed by atoms with Crippen molar-refractivity contribution in [2.24, 2.45) is 16.8 Å². The Labute approximate surface area is 115 Å². The van der Waals surface area contributed by atoms with Crippen LogP contribution in [0, 0.1) is 11.8 Å². The van der Waals surface area contributed by atoms with Gasteiger partial charge < -0.3 is 10.2 Å². The van der Waals surface area contributed by atoms with Gasteiger partial charge in [-0.15, -0.1) is 0 Å². The van der Waals surface area contributed by atoms with Gasteiger partial charge >= 0.3 is 0 Å². The molecule has 2 aliphatic heterocycles. The molecule has 2 heterocycles. The summed E-state index contributed by atoms with van der Waals surface area (Å²) in [5, 5.41) is 4.90. The zero-order valence-corrected chi connectivity index (χ0v) is 12.2. The van der Waals surface area contributed by atoms with Crippen LogP contribution >= 0.6 is 11.8 Å². The first kappa shape index (κ1) is 12.8. The number of nitrogens with zero attached hydrogens (tertiary/aromatic N) is 2. The fourth-order valence-corrected chi connectivity index (χ4v) is 4.53. The van der Waals surface area contributed by atoms with E-state index in [-0.39, 0.29) is 0 Å². The molecular weight excluding hydrogens is 242 g/mol. The number of nitrogens with one attached hydrogen (secondary N) is 1. The van der Waals surface area contributed by atoms with Crippen molar-refractivity contribution in [3.63, 3.8) is 0 Å². The normalized spacial score (nSPS) is 36.6. The van der Waals surface area contributed by atoms with E-state index in [1.165, 1.54) is 56.1 Å². The molecule has 102 valence electrons. The Morgan fingerprint density at radius 2 is 2.11 bits per heavy atom. The minimum atomic E-state index is 0.738. The highest BCUT2D eigenvalue weighted by molar-refractivity contribution is 8.13. The van der Waals surface area contributed by atoms with Gasteiger partial charge in [0.1, 0.15) is 0 Å². The number of thioether (sulfide) groups is 1. The third-order valence-electron chi connectivity index (χ3n) is 4.73. The van der Waals surface area contributed by atoms with Gasteiger partial charge in [-0.1, -0.05) is 18.2 Å². The fourth-order valence-electron chi connectivity index (χ4n) is 3.36. The number of aliphatic imine (C=N–C) groups is 1. The quantitative estimate of drug-likeness (QED) is 0.831. The molecule has 0 radical (unpaired) electrons. The van der Waals surface area contributed by atoms with Crippen LogP contribution in [0.1, 0.15) is 32.1 Å². The molecule has 3 fully saturated rings. The van der Waals surface area contributed by atoms with Crippen molar-refractivity contribution in [1.82, 2.24) is 10.2 Å². The zero-order valence-electron chi connectivity index (χ0n) is 11.4. The summed E-state index contributed by atoms with van der Waals surface area (Å²) in [6, 6.07) is 0.738. The van der Waals surface area contributed by atoms with Gasteiger partial charge in [-0.05, 0) is 57.7 Å². The van der Waals surface area contributed by atoms with Crippen molar-refractivity contribution in [2.45, 2.75) is 38.1 Å². The molecule has 3 nitrogen and oxygen atoms in total. The third-order valence-corrected chi connectivity index (χ3v) is 5.85. The minimum absolute atomic E-state index is 0.738. The largest absolute Gasteiger partial charge is 0.362 e. The predicted molar refractivity (Wildman–Crippen MR) is 79.2 cm³/mol. The smallest absolute Gasteiger partial charge is 0.156 e. The Hall–Kier alpha value is -0.220. The van der Waals surface area contributed by atoms with Crippen LogP contribution in [0.3, 0.4) is 0 Å². The molecule has 18 heavy (non-hydrogen) atoms. The maximum atomic E-state index is 4.84. The van der Waals surface area contributed by atoms with Crippen molar-refractivity contribution in [3.8, 4) is 0 Å². The molecular formula is C14H25N3S. The molecule has 1 aliphatic carbocycles. The molecule has 1 N–H and O–H groups in total. The lowest BCUT2D eigenvalue weighted by molar-refractivity contribution is 0.223. The van der Waals surface area contributed by atoms with E-state index in [1.54, 1.807) is 0 Å². The molecule has 0 spiro atoms. The fraction of sp³-hybridized carbons (Fsp3) is 0.929. The average Bonchev–Trinajstić information content (AvgIpc) is 2.85. The second-order valence-corrected chi connectivity index (χ2v) is 7.15. The van der Waals surface area contributed by atoms with E-state index in [1.807, 2.05) is 11.8 Å². The standard InChI is InChI=1S/C14H25N3S/c1-17-7-5-11(6-8-17)9-15-14-16-13-4-2-3-12(13)10-18-14/h11-13H,2-10H2,1H3,(H,15,16). The molecule has 4 heteroatoms. The molecule has 2 unspecified atom stereocenters. The Kier molecular flexibility index (Phi) is 4.14. The number of hydrogen-bond acceptors (Lipinski definition) is 3. The summed E-state index contributed by atoms with van der Waals surface area (Å²) in [6.45, 7) is 3.54. The molecule has 1 saturated carbocycles. The topological polar surface area (TPSA) is 27.6 Å². The number of amidine groups is 1. The van der Waals surface area contributed by atoms with Crippen molar-refractivity contribution in [1.29, 1.82) is 0 Å². The Morgan fingerprint density at radius 3 is 2.94 bits per heavy atom. The van der Waals surface area contributed by atoms with Crippen LogP contribution in [-0.4, -0.2) is 48.5 Å². The lowest BCUT2D eigenvalue weighted by Crippen LogP contribution is -2.41. The van der Waals surface area contributed by atoms with Crippen LogP contribution in [0.4, 0.5) is 0 Å². The second-order valence-electron chi connectivity index (χ2n) is 6.15. The SMILES string of the molecule is CN1CCC(CN=C2NC3CCCC3CS2)CC1. The van der Waals surface area contributed by atoms with Gasteiger partial charge in [0.05, 0.1) is 0 Å². The van der Waals surface area contributed by atoms with Crippen molar-refractivity contribution < 1.29 is 0 Å². The van der Waals surface area contributed by atoms with Gasteiger partial charge in [-0.25, -0.2) is 0 Å². The lowest BCUT2D eigenvalue weighted by atomic mass is 9.97. The maximum absolute atomic E-state index is 4.84. The highest BCUT2D eigenvalue weighted by Gasteiger charge is 2.32. The molecule has 0 bridgehead atoms. The summed E-state index contributed by atoms with van der Waals surface area (Å²) in [5.41, 5.74) is 0. The summed E-state index contributed by atoms with van der Waals surface area (Å²) in [5.74, 6) is 3.03. The van der Waals surface area contributed by atoms with Crippen LogP contribution < -0.4 is 5.32 Å². The maximum Gasteiger partial charge on any atom is 0.156 e. The van der Waals surface area contributed by atoms with Crippen LogP contribution in [0.25, 0.3) is 0 Å². The van der Waals surface area contributed by atoms with Crippen LogP contribution in [0.5, 0.6) is 0 Å². The molecule has 3 rings (SSSR count). The summed E-state index contributed by atoms with van der Waals surface area (Å²) in [7, 11) is 2.22. The molecule has 0 aromatic heterocycles. The van der Waals surface area contributed by atoms with Gasteiger partial charge in [-0.2, -0.15) is 0 Å². The first-order chi connectivity index (χ1) is 8.81. The highest BCUT2D eigenvalue weighted by atomic mass is 32.2. The van der Waals surface area contributed by atoms with Crippen LogP contribution in [0.2, 0.25) is 0 Å². The van der Waals surface area contributed by atoms with Gasteiger partial charge in [0, 0.05) is 18.3 Å². The molecule has 3 aliphatic rings. The van der Waals surface area contributed by atoms with Crippen molar-refractivity contribution >= 4 is 16.9 Å². The first-order valence-electron chi connectivity index (χ1n) is 7.43. The van der Waals surface area contributed by atoms with Gasteiger partial charge in [-0.3, -0.25) is 4.99 Å². The number of likely N-dealkylation sites (tertiary alicyclic amines) is 1. The van der Waals surface area contributed by atoms with E-state index in [0.29, 0.717) is 0 Å². The van der Waals surface area contributed by atoms with E-state index in [9.17, 15) is 0 Å². The predicted octanol–water partition coefficient (Wildman–Crippen LogP) is 2.19. The Balaban J connectivity index is 1.48. The summed E-state index contributed by atoms with van der Waals surface area (Å²) < 4.78 is 0. The van der Waals surface area contributed by atoms with E-state index in [4.69, 9.17) is 4.99 Å².